The van der Waals surface area contributed by atoms with Gasteiger partial charge in [-0.15, -0.1) is 0 Å². The van der Waals surface area contributed by atoms with Gasteiger partial charge in [-0.3, -0.25) is 14.7 Å². The van der Waals surface area contributed by atoms with E-state index in [2.05, 4.69) is 10.1 Å². The second-order valence-corrected chi connectivity index (χ2v) is 5.04. The third-order valence-corrected chi connectivity index (χ3v) is 3.52. The van der Waals surface area contributed by atoms with Crippen LogP contribution < -0.4 is 5.56 Å². The summed E-state index contributed by atoms with van der Waals surface area (Å²) in [6, 6.07) is 11.7. The molecule has 0 amide bonds. The monoisotopic (exact) mass is 324 g/mol. The second-order valence-electron chi connectivity index (χ2n) is 4.70. The van der Waals surface area contributed by atoms with Crippen molar-refractivity contribution in [2.45, 2.75) is 0 Å². The lowest BCUT2D eigenvalue weighted by Crippen LogP contribution is -2.17. The highest BCUT2D eigenvalue weighted by Gasteiger charge is 2.11. The number of hydrogen-bond donors (Lipinski definition) is 1. The lowest BCUT2D eigenvalue weighted by atomic mass is 10.1. The summed E-state index contributed by atoms with van der Waals surface area (Å²) in [5.74, 6) is 0.344. The zero-order valence-electron chi connectivity index (χ0n) is 11.7. The Hall–Kier alpha value is -3.17. The van der Waals surface area contributed by atoms with Crippen LogP contribution in [0.15, 0.2) is 53.6 Å². The maximum absolute atomic E-state index is 12.5. The second kappa shape index (κ2) is 5.91. The van der Waals surface area contributed by atoms with Gasteiger partial charge in [0.2, 0.25) is 0 Å². The van der Waals surface area contributed by atoms with Crippen molar-refractivity contribution < 1.29 is 4.79 Å². The number of aromatic amines is 1. The summed E-state index contributed by atoms with van der Waals surface area (Å²) in [5, 5.41) is 11.0. The zero-order valence-corrected chi connectivity index (χ0v) is 12.4. The molecule has 0 unspecified atom stereocenters. The predicted octanol–water partition coefficient (Wildman–Crippen LogP) is 2.48. The molecule has 0 bridgehead atoms. The van der Waals surface area contributed by atoms with Crippen LogP contribution in [0.4, 0.5) is 0 Å². The minimum atomic E-state index is -0.610. The number of nitrogens with one attached hydrogen (secondary N) is 1. The maximum atomic E-state index is 12.5. The van der Waals surface area contributed by atoms with Crippen LogP contribution in [0, 0.1) is 11.3 Å². The Labute approximate surface area is 135 Å². The van der Waals surface area contributed by atoms with Crippen molar-refractivity contribution in [3.8, 4) is 23.0 Å². The predicted molar refractivity (Wildman–Crippen MR) is 84.5 cm³/mol. The Morgan fingerprint density at radius 2 is 1.96 bits per heavy atom. The summed E-state index contributed by atoms with van der Waals surface area (Å²) in [6.07, 6.45) is 2.87. The van der Waals surface area contributed by atoms with E-state index in [9.17, 15) is 9.59 Å². The Morgan fingerprint density at radius 3 is 2.52 bits per heavy atom. The van der Waals surface area contributed by atoms with E-state index in [0.717, 1.165) is 0 Å². The molecular formula is C16H9ClN4O2. The van der Waals surface area contributed by atoms with E-state index in [1.807, 2.05) is 6.07 Å². The molecule has 3 rings (SSSR count). The fraction of sp³-hybridized carbons (Fsp3) is 0. The topological polar surface area (TPSA) is 91.5 Å². The van der Waals surface area contributed by atoms with Crippen molar-refractivity contribution >= 4 is 16.8 Å². The molecule has 2 heterocycles. The number of pyridine rings is 1. The fourth-order valence-corrected chi connectivity index (χ4v) is 2.22. The molecule has 0 fully saturated rings. The van der Waals surface area contributed by atoms with Gasteiger partial charge in [-0.1, -0.05) is 12.1 Å². The summed E-state index contributed by atoms with van der Waals surface area (Å²) in [6.45, 7) is 0. The van der Waals surface area contributed by atoms with Gasteiger partial charge in [-0.2, -0.15) is 5.26 Å². The Balaban J connectivity index is 2.00. The molecule has 112 valence electrons. The number of hydrogen-bond acceptors (Lipinski definition) is 4. The lowest BCUT2D eigenvalue weighted by molar-refractivity contribution is 0.108. The van der Waals surface area contributed by atoms with Crippen LogP contribution in [-0.2, 0) is 0 Å². The van der Waals surface area contributed by atoms with Crippen LogP contribution in [0.2, 0.25) is 0 Å². The van der Waals surface area contributed by atoms with Gasteiger partial charge in [-0.25, -0.2) is 9.67 Å². The third-order valence-electron chi connectivity index (χ3n) is 3.30. The molecule has 7 heteroatoms. The molecule has 0 saturated carbocycles. The minimum absolute atomic E-state index is 0.252. The third kappa shape index (κ3) is 2.78. The quantitative estimate of drug-likeness (QED) is 0.749. The number of aromatic nitrogens is 3. The number of carbonyl (C=O) groups is 1. The molecule has 1 N–H and O–H groups in total. The molecule has 0 saturated heterocycles. The van der Waals surface area contributed by atoms with Gasteiger partial charge in [0, 0.05) is 12.4 Å². The van der Waals surface area contributed by atoms with Crippen LogP contribution >= 0.6 is 11.6 Å². The normalized spacial score (nSPS) is 10.3. The summed E-state index contributed by atoms with van der Waals surface area (Å²) in [4.78, 5) is 27.6. The van der Waals surface area contributed by atoms with Gasteiger partial charge >= 0.3 is 0 Å². The summed E-state index contributed by atoms with van der Waals surface area (Å²) < 4.78 is 1.26. The van der Waals surface area contributed by atoms with E-state index in [1.54, 1.807) is 30.5 Å². The molecule has 6 nitrogen and oxygen atoms in total. The molecule has 2 aromatic heterocycles. The minimum Gasteiger partial charge on any atom is -0.296 e. The fourth-order valence-electron chi connectivity index (χ4n) is 2.11. The largest absolute Gasteiger partial charge is 0.296 e. The average molecular weight is 325 g/mol. The smallest absolute Gasteiger partial charge is 0.280 e. The summed E-state index contributed by atoms with van der Waals surface area (Å²) in [7, 11) is 0. The van der Waals surface area contributed by atoms with E-state index in [1.165, 1.54) is 23.0 Å². The van der Waals surface area contributed by atoms with Gasteiger partial charge in [0.25, 0.3) is 10.8 Å². The van der Waals surface area contributed by atoms with Crippen LogP contribution in [0.1, 0.15) is 15.9 Å². The standard InChI is InChI=1S/C16H9ClN4O2/c17-15(22)12-5-6-14(19-8-12)21-16(23)13(9-20-21)11-3-1-10(7-18)2-4-11/h1-6,8-9,20H. The molecule has 0 spiro atoms. The molecule has 0 aliphatic carbocycles. The first-order chi connectivity index (χ1) is 11.1. The Kier molecular flexibility index (Phi) is 3.79. The first-order valence-corrected chi connectivity index (χ1v) is 6.95. The van der Waals surface area contributed by atoms with E-state index in [-0.39, 0.29) is 11.1 Å². The first-order valence-electron chi connectivity index (χ1n) is 6.57. The number of nitrogens with zero attached hydrogens (tertiary/aromatic N) is 3. The highest BCUT2D eigenvalue weighted by atomic mass is 35.5. The van der Waals surface area contributed by atoms with Crippen LogP contribution in [0.5, 0.6) is 0 Å². The van der Waals surface area contributed by atoms with Crippen LogP contribution in [0.25, 0.3) is 16.9 Å². The SMILES string of the molecule is N#Cc1ccc(-c2c[nH]n(-c3ccc(C(=O)Cl)cn3)c2=O)cc1. The van der Waals surface area contributed by atoms with Crippen molar-refractivity contribution in [1.29, 1.82) is 5.26 Å². The van der Waals surface area contributed by atoms with Crippen molar-refractivity contribution in [1.82, 2.24) is 14.8 Å². The van der Waals surface area contributed by atoms with Crippen LogP contribution in [0.3, 0.4) is 0 Å². The molecular weight excluding hydrogens is 316 g/mol. The molecule has 3 aromatic rings. The van der Waals surface area contributed by atoms with E-state index < -0.39 is 5.24 Å². The first kappa shape index (κ1) is 14.8. The van der Waals surface area contributed by atoms with Crippen molar-refractivity contribution in [2.24, 2.45) is 0 Å². The molecule has 0 aliphatic rings. The van der Waals surface area contributed by atoms with Gasteiger partial charge in [0.05, 0.1) is 22.8 Å². The number of carbonyl (C=O) groups excluding carboxylic acids is 1. The number of rotatable bonds is 3. The van der Waals surface area contributed by atoms with Gasteiger partial charge in [0.15, 0.2) is 5.82 Å². The highest BCUT2D eigenvalue weighted by molar-refractivity contribution is 6.67. The molecule has 0 aliphatic heterocycles. The van der Waals surface area contributed by atoms with Crippen molar-refractivity contribution in [2.75, 3.05) is 0 Å². The maximum Gasteiger partial charge on any atom is 0.280 e. The zero-order chi connectivity index (χ0) is 16.4. The summed E-state index contributed by atoms with van der Waals surface area (Å²) in [5.41, 5.74) is 1.63. The van der Waals surface area contributed by atoms with Crippen LogP contribution in [-0.4, -0.2) is 20.0 Å². The average Bonchev–Trinajstić information content (AvgIpc) is 2.96. The van der Waals surface area contributed by atoms with Gasteiger partial charge in [0.1, 0.15) is 0 Å². The Bertz CT molecular complexity index is 963. The Morgan fingerprint density at radius 1 is 1.22 bits per heavy atom. The van der Waals surface area contributed by atoms with Gasteiger partial charge < -0.3 is 0 Å². The highest BCUT2D eigenvalue weighted by Crippen LogP contribution is 2.16. The van der Waals surface area contributed by atoms with Crippen molar-refractivity contribution in [3.63, 3.8) is 0 Å². The van der Waals surface area contributed by atoms with Crippen molar-refractivity contribution in [3.05, 3.63) is 70.3 Å². The van der Waals surface area contributed by atoms with Gasteiger partial charge in [-0.05, 0) is 41.4 Å². The molecule has 1 aromatic carbocycles. The van der Waals surface area contributed by atoms with E-state index >= 15 is 0 Å². The number of nitriles is 1. The van der Waals surface area contributed by atoms with E-state index in [4.69, 9.17) is 16.9 Å². The number of halogens is 1. The molecule has 23 heavy (non-hydrogen) atoms. The molecule has 0 atom stereocenters. The number of H-pyrrole nitrogens is 1. The summed E-state index contributed by atoms with van der Waals surface area (Å²) >= 11 is 5.36. The number of benzene rings is 1. The van der Waals surface area contributed by atoms with E-state index in [0.29, 0.717) is 22.5 Å². The lowest BCUT2D eigenvalue weighted by Gasteiger charge is -2.00. The molecule has 0 radical (unpaired) electrons.